The topological polar surface area (TPSA) is 38.7 Å². The summed E-state index contributed by atoms with van der Waals surface area (Å²) in [6, 6.07) is 9.19. The minimum atomic E-state index is -1.86. The van der Waals surface area contributed by atoms with Gasteiger partial charge < -0.3 is 14.0 Å². The van der Waals surface area contributed by atoms with E-state index in [0.29, 0.717) is 13.2 Å². The van der Waals surface area contributed by atoms with Crippen LogP contribution < -0.4 is 0 Å². The molecule has 0 radical (unpaired) electrons. The predicted octanol–water partition coefficient (Wildman–Crippen LogP) is 9.36. The second-order valence-electron chi connectivity index (χ2n) is 13.3. The Balaban J connectivity index is 2.23. The fourth-order valence-electron chi connectivity index (χ4n) is 3.55. The number of benzene rings is 1. The summed E-state index contributed by atoms with van der Waals surface area (Å²) in [7, 11) is -3.70. The van der Waals surface area contributed by atoms with Crippen LogP contribution >= 0.6 is 11.3 Å². The molecule has 1 heterocycles. The molecule has 0 aliphatic heterocycles. The largest absolute Gasteiger partial charge is 0.413 e. The number of aryl methyl sites for hydroxylation is 2. The first kappa shape index (κ1) is 32.2. The van der Waals surface area contributed by atoms with Crippen LogP contribution in [0.4, 0.5) is 0 Å². The van der Waals surface area contributed by atoms with Crippen molar-refractivity contribution in [2.75, 3.05) is 6.61 Å². The summed E-state index contributed by atoms with van der Waals surface area (Å²) in [5.41, 5.74) is 6.47. The summed E-state index contributed by atoms with van der Waals surface area (Å²) >= 11 is 1.78. The first-order chi connectivity index (χ1) is 17.0. The molecule has 0 fully saturated rings. The number of rotatable bonds is 12. The molecule has 0 aliphatic rings. The fourth-order valence-corrected chi connectivity index (χ4v) is 6.51. The minimum Gasteiger partial charge on any atom is -0.413 e. The van der Waals surface area contributed by atoms with Crippen LogP contribution in [0, 0.1) is 0 Å². The number of hydrogen-bond acceptors (Lipinski definition) is 4. The Morgan fingerprint density at radius 3 is 1.89 bits per heavy atom. The highest BCUT2D eigenvalue weighted by Crippen LogP contribution is 2.39. The van der Waals surface area contributed by atoms with Crippen molar-refractivity contribution in [2.24, 2.45) is 0 Å². The van der Waals surface area contributed by atoms with E-state index in [-0.39, 0.29) is 16.7 Å². The molecule has 2 rings (SSSR count). The van der Waals surface area contributed by atoms with Crippen molar-refractivity contribution in [3.8, 4) is 0 Å². The molecule has 0 saturated carbocycles. The zero-order valence-electron chi connectivity index (χ0n) is 25.4. The van der Waals surface area contributed by atoms with Gasteiger partial charge in [0.15, 0.2) is 16.6 Å². The average Bonchev–Trinajstić information content (AvgIpc) is 3.26. The van der Waals surface area contributed by atoms with Gasteiger partial charge in [0, 0.05) is 4.88 Å². The SMILES string of the molecule is CC/C(=C\CO)c1cc(CCc2ccc(CO[Si](C)(C)C(C)(C)C)c(CO[Si](C)(C)C(C)(C)C)c2)cs1. The molecule has 1 N–H and O–H groups in total. The second kappa shape index (κ2) is 12.9. The van der Waals surface area contributed by atoms with Gasteiger partial charge >= 0.3 is 0 Å². The van der Waals surface area contributed by atoms with Crippen LogP contribution in [0.25, 0.3) is 5.57 Å². The van der Waals surface area contributed by atoms with Crippen molar-refractivity contribution in [3.63, 3.8) is 0 Å². The van der Waals surface area contributed by atoms with E-state index in [4.69, 9.17) is 8.85 Å². The molecule has 0 atom stereocenters. The van der Waals surface area contributed by atoms with E-state index in [1.807, 2.05) is 6.08 Å². The summed E-state index contributed by atoms with van der Waals surface area (Å²) in [6.45, 7) is 26.6. The zero-order valence-corrected chi connectivity index (χ0v) is 28.2. The van der Waals surface area contributed by atoms with Gasteiger partial charge in [0.25, 0.3) is 0 Å². The van der Waals surface area contributed by atoms with Crippen LogP contribution in [0.5, 0.6) is 0 Å². The van der Waals surface area contributed by atoms with E-state index in [9.17, 15) is 5.11 Å². The molecule has 0 amide bonds. The van der Waals surface area contributed by atoms with Crippen LogP contribution in [0.15, 0.2) is 35.7 Å². The lowest BCUT2D eigenvalue weighted by atomic mass is 10.00. The van der Waals surface area contributed by atoms with Crippen LogP contribution in [0.3, 0.4) is 0 Å². The molecule has 0 bridgehead atoms. The maximum absolute atomic E-state index is 9.31. The minimum absolute atomic E-state index is 0.0988. The van der Waals surface area contributed by atoms with Crippen LogP contribution in [-0.4, -0.2) is 28.3 Å². The Labute approximate surface area is 233 Å². The van der Waals surface area contributed by atoms with Gasteiger partial charge in [0.2, 0.25) is 0 Å². The highest BCUT2D eigenvalue weighted by molar-refractivity contribution is 7.11. The van der Waals surface area contributed by atoms with Gasteiger partial charge in [-0.25, -0.2) is 0 Å². The van der Waals surface area contributed by atoms with Gasteiger partial charge in [-0.15, -0.1) is 11.3 Å². The summed E-state index contributed by atoms with van der Waals surface area (Å²) in [4.78, 5) is 1.27. The number of thiophene rings is 1. The number of allylic oxidation sites excluding steroid dienone is 1. The molecule has 2 aromatic rings. The number of aliphatic hydroxyl groups is 1. The van der Waals surface area contributed by atoms with Gasteiger partial charge in [-0.3, -0.25) is 0 Å². The average molecular weight is 561 g/mol. The van der Waals surface area contributed by atoms with Crippen molar-refractivity contribution in [2.45, 2.75) is 117 Å². The number of hydrogen-bond donors (Lipinski definition) is 1. The van der Waals surface area contributed by atoms with Gasteiger partial charge in [-0.2, -0.15) is 0 Å². The maximum Gasteiger partial charge on any atom is 0.192 e. The lowest BCUT2D eigenvalue weighted by molar-refractivity contribution is 0.257. The monoisotopic (exact) mass is 560 g/mol. The van der Waals surface area contributed by atoms with Gasteiger partial charge in [-0.1, -0.05) is 72.7 Å². The standard InChI is InChI=1S/C31H52O3SSi2/c1-12-26(17-18-32)29-20-25(23-35-29)14-13-24-15-16-27(21-33-36(8,9)30(2,3)4)28(19-24)22-34-37(10,11)31(5,6)7/h15-17,19-20,23,32H,12-14,18,21-22H2,1-11H3/b26-17+. The highest BCUT2D eigenvalue weighted by atomic mass is 32.1. The Hall–Kier alpha value is -1.03. The Kier molecular flexibility index (Phi) is 11.2. The highest BCUT2D eigenvalue weighted by Gasteiger charge is 2.38. The molecule has 0 spiro atoms. The van der Waals surface area contributed by atoms with Crippen LogP contribution in [0.2, 0.25) is 36.3 Å². The molecule has 3 nitrogen and oxygen atoms in total. The van der Waals surface area contributed by atoms with E-state index in [2.05, 4.69) is 104 Å². The van der Waals surface area contributed by atoms with Crippen molar-refractivity contribution in [1.82, 2.24) is 0 Å². The molecule has 208 valence electrons. The Morgan fingerprint density at radius 1 is 0.838 bits per heavy atom. The molecule has 1 aromatic heterocycles. The summed E-state index contributed by atoms with van der Waals surface area (Å²) in [5, 5.41) is 11.9. The number of aliphatic hydroxyl groups excluding tert-OH is 1. The van der Waals surface area contributed by atoms with Gasteiger partial charge in [-0.05, 0) is 94.8 Å². The van der Waals surface area contributed by atoms with E-state index < -0.39 is 16.6 Å². The Morgan fingerprint density at radius 2 is 1.38 bits per heavy atom. The van der Waals surface area contributed by atoms with Crippen molar-refractivity contribution < 1.29 is 14.0 Å². The normalized spacial score (nSPS) is 13.9. The van der Waals surface area contributed by atoms with Crippen LogP contribution in [-0.2, 0) is 34.9 Å². The predicted molar refractivity (Wildman–Crippen MR) is 167 cm³/mol. The van der Waals surface area contributed by atoms with E-state index in [0.717, 1.165) is 19.3 Å². The zero-order chi connectivity index (χ0) is 28.1. The summed E-state index contributed by atoms with van der Waals surface area (Å²) < 4.78 is 13.3. The first-order valence-corrected chi connectivity index (χ1v) is 20.5. The third kappa shape index (κ3) is 9.01. The van der Waals surface area contributed by atoms with Gasteiger partial charge in [0.05, 0.1) is 19.8 Å². The quantitative estimate of drug-likeness (QED) is 0.263. The third-order valence-corrected chi connectivity index (χ3v) is 18.5. The lowest BCUT2D eigenvalue weighted by Crippen LogP contribution is -2.41. The Bertz CT molecular complexity index is 1040. The molecule has 0 unspecified atom stereocenters. The first-order valence-electron chi connectivity index (χ1n) is 13.8. The van der Waals surface area contributed by atoms with Gasteiger partial charge in [0.1, 0.15) is 0 Å². The smallest absolute Gasteiger partial charge is 0.192 e. The van der Waals surface area contributed by atoms with E-state index in [1.165, 1.54) is 32.7 Å². The van der Waals surface area contributed by atoms with E-state index >= 15 is 0 Å². The molecule has 6 heteroatoms. The second-order valence-corrected chi connectivity index (χ2v) is 23.8. The molecule has 0 aliphatic carbocycles. The molecular formula is C31H52O3SSi2. The van der Waals surface area contributed by atoms with Crippen molar-refractivity contribution in [1.29, 1.82) is 0 Å². The lowest BCUT2D eigenvalue weighted by Gasteiger charge is -2.37. The van der Waals surface area contributed by atoms with Crippen molar-refractivity contribution in [3.05, 3.63) is 62.9 Å². The molecule has 37 heavy (non-hydrogen) atoms. The summed E-state index contributed by atoms with van der Waals surface area (Å²) in [5.74, 6) is 0. The fraction of sp³-hybridized carbons (Fsp3) is 0.613. The summed E-state index contributed by atoms with van der Waals surface area (Å²) in [6.07, 6.45) is 4.87. The molecule has 1 aromatic carbocycles. The van der Waals surface area contributed by atoms with E-state index in [1.54, 1.807) is 11.3 Å². The maximum atomic E-state index is 9.31. The van der Waals surface area contributed by atoms with Crippen LogP contribution in [0.1, 0.15) is 82.0 Å². The third-order valence-electron chi connectivity index (χ3n) is 8.45. The molecular weight excluding hydrogens is 509 g/mol. The van der Waals surface area contributed by atoms with Crippen molar-refractivity contribution >= 4 is 33.5 Å². The molecule has 0 saturated heterocycles.